The summed E-state index contributed by atoms with van der Waals surface area (Å²) >= 11 is 0. The van der Waals surface area contributed by atoms with E-state index in [1.165, 1.54) is 4.90 Å². The molecule has 0 saturated carbocycles. The normalized spacial score (nSPS) is 16.6. The van der Waals surface area contributed by atoms with Gasteiger partial charge in [-0.25, -0.2) is 0 Å². The van der Waals surface area contributed by atoms with Gasteiger partial charge in [0.15, 0.2) is 11.5 Å². The maximum absolute atomic E-state index is 13.3. The summed E-state index contributed by atoms with van der Waals surface area (Å²) in [6.07, 6.45) is 1.33. The summed E-state index contributed by atoms with van der Waals surface area (Å²) in [4.78, 5) is 28.1. The molecule has 0 aromatic heterocycles. The zero-order valence-electron chi connectivity index (χ0n) is 21.3. The number of benzene rings is 3. The number of amides is 1. The number of aliphatic hydroxyl groups is 1. The molecule has 0 spiro atoms. The molecule has 1 amide bonds. The third-order valence-electron chi connectivity index (χ3n) is 6.32. The molecule has 3 aromatic carbocycles. The van der Waals surface area contributed by atoms with Gasteiger partial charge in [-0.1, -0.05) is 55.5 Å². The number of aliphatic hydroxyl groups excluding tert-OH is 1. The van der Waals surface area contributed by atoms with E-state index in [2.05, 4.69) is 0 Å². The topological polar surface area (TPSA) is 85.3 Å². The predicted molar refractivity (Wildman–Crippen MR) is 141 cm³/mol. The van der Waals surface area contributed by atoms with E-state index >= 15 is 0 Å². The van der Waals surface area contributed by atoms with Crippen LogP contribution in [0.4, 0.5) is 0 Å². The number of hydrogen-bond acceptors (Lipinski definition) is 6. The van der Waals surface area contributed by atoms with E-state index in [1.54, 1.807) is 38.5 Å². The molecule has 0 radical (unpaired) electrons. The van der Waals surface area contributed by atoms with Crippen LogP contribution in [0.25, 0.3) is 5.76 Å². The van der Waals surface area contributed by atoms with Crippen molar-refractivity contribution >= 4 is 17.4 Å². The molecule has 1 atom stereocenters. The molecule has 0 bridgehead atoms. The Kier molecular flexibility index (Phi) is 8.13. The van der Waals surface area contributed by atoms with E-state index in [1.807, 2.05) is 55.5 Å². The molecule has 1 fully saturated rings. The van der Waals surface area contributed by atoms with Crippen molar-refractivity contribution in [2.24, 2.45) is 0 Å². The third-order valence-corrected chi connectivity index (χ3v) is 6.32. The average Bonchev–Trinajstić information content (AvgIpc) is 3.19. The molecule has 0 aliphatic carbocycles. The van der Waals surface area contributed by atoms with E-state index < -0.39 is 17.7 Å². The number of carbonyl (C=O) groups is 2. The van der Waals surface area contributed by atoms with Gasteiger partial charge in [0.2, 0.25) is 0 Å². The molecule has 1 saturated heterocycles. The van der Waals surface area contributed by atoms with Crippen molar-refractivity contribution < 1.29 is 28.9 Å². The lowest BCUT2D eigenvalue weighted by atomic mass is 9.95. The van der Waals surface area contributed by atoms with E-state index in [0.717, 1.165) is 17.5 Å². The minimum atomic E-state index is -0.721. The summed E-state index contributed by atoms with van der Waals surface area (Å²) in [7, 11) is 3.14. The van der Waals surface area contributed by atoms with Gasteiger partial charge >= 0.3 is 0 Å². The van der Waals surface area contributed by atoms with Crippen LogP contribution in [0.5, 0.6) is 17.2 Å². The van der Waals surface area contributed by atoms with Crippen molar-refractivity contribution in [3.63, 3.8) is 0 Å². The van der Waals surface area contributed by atoms with Gasteiger partial charge in [0.1, 0.15) is 11.5 Å². The SMILES string of the molecule is CCCOc1cccc(/C(O)=C2\C(=O)C(=O)N(CCc3ccc(OC)c(OC)c3)C2c2ccccc2)c1. The minimum Gasteiger partial charge on any atom is -0.507 e. The molecule has 1 N–H and O–H groups in total. The highest BCUT2D eigenvalue weighted by molar-refractivity contribution is 6.46. The molecule has 1 unspecified atom stereocenters. The lowest BCUT2D eigenvalue weighted by molar-refractivity contribution is -0.139. The number of Topliss-reactive ketones (excluding diaryl/α,β-unsaturated/α-hetero) is 1. The highest BCUT2D eigenvalue weighted by Gasteiger charge is 2.45. The van der Waals surface area contributed by atoms with Crippen LogP contribution in [-0.4, -0.2) is 49.1 Å². The third kappa shape index (κ3) is 5.45. The second-order valence-corrected chi connectivity index (χ2v) is 8.72. The Hall–Kier alpha value is -4.26. The number of rotatable bonds is 10. The number of nitrogens with zero attached hydrogens (tertiary/aromatic N) is 1. The molecule has 192 valence electrons. The first-order valence-electron chi connectivity index (χ1n) is 12.3. The summed E-state index contributed by atoms with van der Waals surface area (Å²) < 4.78 is 16.4. The molecular weight excluding hydrogens is 470 g/mol. The minimum absolute atomic E-state index is 0.0659. The van der Waals surface area contributed by atoms with Crippen LogP contribution in [0.1, 0.15) is 36.1 Å². The lowest BCUT2D eigenvalue weighted by Gasteiger charge is -2.25. The van der Waals surface area contributed by atoms with Gasteiger partial charge in [-0.3, -0.25) is 9.59 Å². The molecule has 3 aromatic rings. The largest absolute Gasteiger partial charge is 0.507 e. The second kappa shape index (κ2) is 11.6. The average molecular weight is 502 g/mol. The number of ketones is 1. The summed E-state index contributed by atoms with van der Waals surface area (Å²) in [5.41, 5.74) is 2.16. The maximum Gasteiger partial charge on any atom is 0.295 e. The molecule has 7 heteroatoms. The van der Waals surface area contributed by atoms with Crippen molar-refractivity contribution in [1.29, 1.82) is 0 Å². The molecule has 37 heavy (non-hydrogen) atoms. The van der Waals surface area contributed by atoms with Crippen LogP contribution in [0, 0.1) is 0 Å². The lowest BCUT2D eigenvalue weighted by Crippen LogP contribution is -2.31. The van der Waals surface area contributed by atoms with Crippen LogP contribution < -0.4 is 14.2 Å². The smallest absolute Gasteiger partial charge is 0.295 e. The highest BCUT2D eigenvalue weighted by Crippen LogP contribution is 2.40. The summed E-state index contributed by atoms with van der Waals surface area (Å²) in [5, 5.41) is 11.3. The summed E-state index contributed by atoms with van der Waals surface area (Å²) in [6.45, 7) is 2.82. The van der Waals surface area contributed by atoms with E-state index in [4.69, 9.17) is 14.2 Å². The number of likely N-dealkylation sites (tertiary alicyclic amines) is 1. The molecule has 4 rings (SSSR count). The van der Waals surface area contributed by atoms with Gasteiger partial charge in [0, 0.05) is 12.1 Å². The number of hydrogen-bond donors (Lipinski definition) is 1. The van der Waals surface area contributed by atoms with E-state index in [-0.39, 0.29) is 17.9 Å². The van der Waals surface area contributed by atoms with Crippen molar-refractivity contribution in [3.05, 3.63) is 95.1 Å². The van der Waals surface area contributed by atoms with Crippen LogP contribution >= 0.6 is 0 Å². The van der Waals surface area contributed by atoms with Crippen molar-refractivity contribution in [2.75, 3.05) is 27.4 Å². The van der Waals surface area contributed by atoms with Gasteiger partial charge in [-0.05, 0) is 48.2 Å². The van der Waals surface area contributed by atoms with Crippen LogP contribution in [0.2, 0.25) is 0 Å². The molecular formula is C30H31NO6. The standard InChI is InChI=1S/C30H31NO6/c1-4-17-37-23-12-8-11-22(19-23)28(32)26-27(21-9-6-5-7-10-21)31(30(34)29(26)33)16-15-20-13-14-24(35-2)25(18-20)36-3/h5-14,18-19,27,32H,4,15-17H2,1-3H3/b28-26+. The van der Waals surface area contributed by atoms with Gasteiger partial charge in [0.05, 0.1) is 32.4 Å². The fraction of sp³-hybridized carbons (Fsp3) is 0.267. The van der Waals surface area contributed by atoms with Crippen LogP contribution in [-0.2, 0) is 16.0 Å². The Labute approximate surface area is 216 Å². The maximum atomic E-state index is 13.3. The first-order chi connectivity index (χ1) is 18.0. The molecule has 1 heterocycles. The summed E-state index contributed by atoms with van der Waals surface area (Å²) in [5.74, 6) is 0.216. The zero-order chi connectivity index (χ0) is 26.4. The van der Waals surface area contributed by atoms with Gasteiger partial charge in [-0.15, -0.1) is 0 Å². The molecule has 1 aliphatic rings. The zero-order valence-corrected chi connectivity index (χ0v) is 21.3. The van der Waals surface area contributed by atoms with Crippen molar-refractivity contribution in [2.45, 2.75) is 25.8 Å². The second-order valence-electron chi connectivity index (χ2n) is 8.72. The van der Waals surface area contributed by atoms with Gasteiger partial charge < -0.3 is 24.2 Å². The summed E-state index contributed by atoms with van der Waals surface area (Å²) in [6, 6.07) is 21.1. The first-order valence-corrected chi connectivity index (χ1v) is 12.3. The molecule has 7 nitrogen and oxygen atoms in total. The predicted octanol–water partition coefficient (Wildman–Crippen LogP) is 5.16. The van der Waals surface area contributed by atoms with Gasteiger partial charge in [0.25, 0.3) is 11.7 Å². The molecule has 1 aliphatic heterocycles. The van der Waals surface area contributed by atoms with Crippen molar-refractivity contribution in [1.82, 2.24) is 4.90 Å². The fourth-order valence-corrected chi connectivity index (χ4v) is 4.49. The van der Waals surface area contributed by atoms with Crippen molar-refractivity contribution in [3.8, 4) is 17.2 Å². The van der Waals surface area contributed by atoms with E-state index in [9.17, 15) is 14.7 Å². The number of methoxy groups -OCH3 is 2. The van der Waals surface area contributed by atoms with E-state index in [0.29, 0.717) is 35.8 Å². The Bertz CT molecular complexity index is 1300. The quantitative estimate of drug-likeness (QED) is 0.235. The Balaban J connectivity index is 1.71. The first kappa shape index (κ1) is 25.8. The van der Waals surface area contributed by atoms with Crippen LogP contribution in [0.3, 0.4) is 0 Å². The Morgan fingerprint density at radius 2 is 1.68 bits per heavy atom. The number of ether oxygens (including phenoxy) is 3. The van der Waals surface area contributed by atoms with Gasteiger partial charge in [-0.2, -0.15) is 0 Å². The fourth-order valence-electron chi connectivity index (χ4n) is 4.49. The number of carbonyl (C=O) groups excluding carboxylic acids is 2. The Morgan fingerprint density at radius 3 is 2.38 bits per heavy atom. The monoisotopic (exact) mass is 501 g/mol. The van der Waals surface area contributed by atoms with Crippen LogP contribution in [0.15, 0.2) is 78.4 Å². The Morgan fingerprint density at radius 1 is 0.919 bits per heavy atom. The highest BCUT2D eigenvalue weighted by atomic mass is 16.5.